The molecule has 2 rings (SSSR count). The van der Waals surface area contributed by atoms with Crippen molar-refractivity contribution in [2.45, 2.75) is 116 Å². The summed E-state index contributed by atoms with van der Waals surface area (Å²) >= 11 is 0. The van der Waals surface area contributed by atoms with E-state index < -0.39 is 36.0 Å². The molecule has 0 bridgehead atoms. The molecule has 0 aromatic carbocycles. The number of nitrogens with two attached hydrogens (primary N) is 1. The van der Waals surface area contributed by atoms with Crippen molar-refractivity contribution in [2.75, 3.05) is 0 Å². The minimum Gasteiger partial charge on any atom is -0.457 e. The highest BCUT2D eigenvalue weighted by molar-refractivity contribution is 5.70. The van der Waals surface area contributed by atoms with Gasteiger partial charge in [-0.3, -0.25) is 4.79 Å². The van der Waals surface area contributed by atoms with Gasteiger partial charge >= 0.3 is 12.1 Å². The Labute approximate surface area is 226 Å². The highest BCUT2D eigenvalue weighted by Crippen LogP contribution is 2.36. The molecule has 10 atom stereocenters. The Kier molecular flexibility index (Phi) is 12.0. The maximum absolute atomic E-state index is 12.6. The number of primary amides is 1. The van der Waals surface area contributed by atoms with Gasteiger partial charge in [0.2, 0.25) is 0 Å². The second kappa shape index (κ2) is 14.3. The summed E-state index contributed by atoms with van der Waals surface area (Å²) < 4.78 is 16.7. The van der Waals surface area contributed by atoms with Gasteiger partial charge in [0.1, 0.15) is 11.7 Å². The number of amides is 1. The smallest absolute Gasteiger partial charge is 0.405 e. The summed E-state index contributed by atoms with van der Waals surface area (Å²) in [6.07, 6.45) is 6.96. The lowest BCUT2D eigenvalue weighted by molar-refractivity contribution is -0.151. The lowest BCUT2D eigenvalue weighted by Gasteiger charge is -2.32. The summed E-state index contributed by atoms with van der Waals surface area (Å²) in [4.78, 5) is 24.0. The Morgan fingerprint density at radius 3 is 2.66 bits per heavy atom. The van der Waals surface area contributed by atoms with Crippen LogP contribution in [0.3, 0.4) is 0 Å². The minimum atomic E-state index is -1.48. The molecule has 2 heterocycles. The molecule has 1 saturated heterocycles. The fourth-order valence-corrected chi connectivity index (χ4v) is 4.91. The molecule has 9 nitrogen and oxygen atoms in total. The number of carbonyl (C=O) groups excluding carboxylic acids is 2. The van der Waals surface area contributed by atoms with Gasteiger partial charge in [0.05, 0.1) is 30.8 Å². The first kappa shape index (κ1) is 32.0. The van der Waals surface area contributed by atoms with Gasteiger partial charge in [-0.1, -0.05) is 52.0 Å². The third-order valence-electron chi connectivity index (χ3n) is 7.58. The molecule has 2 aliphatic rings. The molecule has 9 heteroatoms. The second-order valence-corrected chi connectivity index (χ2v) is 11.2. The number of allylic oxidation sites excluding steroid dienone is 3. The first-order valence-electron chi connectivity index (χ1n) is 13.7. The summed E-state index contributed by atoms with van der Waals surface area (Å²) in [5.41, 5.74) is 4.53. The van der Waals surface area contributed by atoms with Gasteiger partial charge in [0.15, 0.2) is 6.10 Å². The normalized spacial score (nSPS) is 36.3. The topological polar surface area (TPSA) is 152 Å². The number of aliphatic hydroxyl groups excluding tert-OH is 2. The molecule has 0 radical (unpaired) electrons. The fourth-order valence-electron chi connectivity index (χ4n) is 4.91. The molecule has 0 aromatic heterocycles. The maximum Gasteiger partial charge on any atom is 0.405 e. The Morgan fingerprint density at radius 1 is 1.34 bits per heavy atom. The van der Waals surface area contributed by atoms with Gasteiger partial charge in [-0.05, 0) is 57.1 Å². The van der Waals surface area contributed by atoms with Crippen LogP contribution in [0.5, 0.6) is 0 Å². The first-order valence-corrected chi connectivity index (χ1v) is 13.7. The third-order valence-corrected chi connectivity index (χ3v) is 7.58. The number of esters is 1. The van der Waals surface area contributed by atoms with E-state index in [1.165, 1.54) is 6.92 Å². The number of rotatable bonds is 9. The van der Waals surface area contributed by atoms with E-state index in [1.54, 1.807) is 12.2 Å². The number of aliphatic hydroxyl groups is 3. The molecule has 10 unspecified atom stereocenters. The molecule has 2 aliphatic heterocycles. The van der Waals surface area contributed by atoms with Crippen LogP contribution in [0.4, 0.5) is 4.79 Å². The van der Waals surface area contributed by atoms with Crippen LogP contribution in [0.15, 0.2) is 36.0 Å². The average molecular weight is 538 g/mol. The van der Waals surface area contributed by atoms with E-state index in [0.717, 1.165) is 12.0 Å². The van der Waals surface area contributed by atoms with E-state index in [-0.39, 0.29) is 55.3 Å². The Morgan fingerprint density at radius 2 is 2.03 bits per heavy atom. The highest BCUT2D eigenvalue weighted by Gasteiger charge is 2.45. The number of carbonyl (C=O) groups is 2. The standard InChI is InChI=1S/C29H47NO8/c1-7-22(32)20(5)27-23(36-27)15-17(2)9-8-10-18(3)26-19(4)11-12-24(37-28(30)34)29(6,35)14-13-21(31)16-25(33)38-26/h8-12,17,19-24,26-27,31-32,35H,7,13-16H2,1-6H3,(H2,30,34)/b9-8+,12-11+,18-10+. The molecular formula is C29H47NO8. The van der Waals surface area contributed by atoms with Gasteiger partial charge in [-0.25, -0.2) is 4.79 Å². The fraction of sp³-hybridized carbons (Fsp3) is 0.724. The molecule has 1 amide bonds. The lowest BCUT2D eigenvalue weighted by atomic mass is 9.88. The van der Waals surface area contributed by atoms with Crippen molar-refractivity contribution in [3.8, 4) is 0 Å². The van der Waals surface area contributed by atoms with Crippen molar-refractivity contribution in [1.82, 2.24) is 0 Å². The third kappa shape index (κ3) is 9.84. The van der Waals surface area contributed by atoms with Crippen molar-refractivity contribution >= 4 is 12.1 Å². The summed E-state index contributed by atoms with van der Waals surface area (Å²) in [6, 6.07) is 0. The number of hydrogen-bond donors (Lipinski definition) is 4. The highest BCUT2D eigenvalue weighted by atomic mass is 16.6. The summed E-state index contributed by atoms with van der Waals surface area (Å²) in [5, 5.41) is 31.3. The SMILES string of the molecule is CCC(O)C(C)C1OC1CC(C)/C=C/C=C(\C)C1OC(=O)CC(O)CCC(C)(O)C(OC(N)=O)/C=C/C1C. The van der Waals surface area contributed by atoms with Gasteiger partial charge < -0.3 is 35.3 Å². The number of epoxide rings is 1. The van der Waals surface area contributed by atoms with Crippen LogP contribution in [-0.4, -0.2) is 69.6 Å². The molecule has 0 saturated carbocycles. The Hall–Kier alpha value is -2.20. The van der Waals surface area contributed by atoms with Crippen molar-refractivity contribution < 1.29 is 39.1 Å². The molecule has 216 valence electrons. The zero-order valence-corrected chi connectivity index (χ0v) is 23.6. The quantitative estimate of drug-likeness (QED) is 0.151. The molecule has 0 aliphatic carbocycles. The van der Waals surface area contributed by atoms with E-state index >= 15 is 0 Å². The lowest BCUT2D eigenvalue weighted by Crippen LogP contribution is -2.43. The first-order chi connectivity index (χ1) is 17.7. The van der Waals surface area contributed by atoms with E-state index in [1.807, 2.05) is 39.8 Å². The van der Waals surface area contributed by atoms with Crippen LogP contribution in [0.2, 0.25) is 0 Å². The molecule has 38 heavy (non-hydrogen) atoms. The monoisotopic (exact) mass is 537 g/mol. The van der Waals surface area contributed by atoms with Gasteiger partial charge in [0.25, 0.3) is 0 Å². The predicted molar refractivity (Wildman–Crippen MR) is 144 cm³/mol. The molecule has 5 N–H and O–H groups in total. The van der Waals surface area contributed by atoms with E-state index in [9.17, 15) is 24.9 Å². The van der Waals surface area contributed by atoms with Crippen molar-refractivity contribution in [3.05, 3.63) is 36.0 Å². The zero-order chi connectivity index (χ0) is 28.6. The molecule has 0 aromatic rings. The van der Waals surface area contributed by atoms with Crippen LogP contribution in [-0.2, 0) is 19.0 Å². The molecule has 0 spiro atoms. The van der Waals surface area contributed by atoms with Crippen molar-refractivity contribution in [2.24, 2.45) is 23.5 Å². The van der Waals surface area contributed by atoms with Crippen LogP contribution in [0.25, 0.3) is 0 Å². The van der Waals surface area contributed by atoms with Crippen LogP contribution >= 0.6 is 0 Å². The average Bonchev–Trinajstić information content (AvgIpc) is 3.60. The summed E-state index contributed by atoms with van der Waals surface area (Å²) in [7, 11) is 0. The maximum atomic E-state index is 12.6. The summed E-state index contributed by atoms with van der Waals surface area (Å²) in [5.74, 6) is -0.484. The van der Waals surface area contributed by atoms with Gasteiger partial charge in [0, 0.05) is 11.8 Å². The predicted octanol–water partition coefficient (Wildman–Crippen LogP) is 3.55. The Balaban J connectivity index is 2.12. The number of hydrogen-bond acceptors (Lipinski definition) is 8. The van der Waals surface area contributed by atoms with E-state index in [4.69, 9.17) is 19.9 Å². The number of ether oxygens (including phenoxy) is 3. The second-order valence-electron chi connectivity index (χ2n) is 11.2. The van der Waals surface area contributed by atoms with Crippen LogP contribution in [0.1, 0.15) is 73.6 Å². The summed E-state index contributed by atoms with van der Waals surface area (Å²) in [6.45, 7) is 11.3. The largest absolute Gasteiger partial charge is 0.457 e. The van der Waals surface area contributed by atoms with Gasteiger partial charge in [-0.15, -0.1) is 0 Å². The number of cyclic esters (lactones) is 1. The minimum absolute atomic E-state index is 0.0915. The van der Waals surface area contributed by atoms with E-state index in [2.05, 4.69) is 13.0 Å². The Bertz CT molecular complexity index is 882. The van der Waals surface area contributed by atoms with Crippen LogP contribution in [0, 0.1) is 17.8 Å². The molecular weight excluding hydrogens is 490 g/mol. The van der Waals surface area contributed by atoms with Crippen LogP contribution < -0.4 is 5.73 Å². The van der Waals surface area contributed by atoms with Crippen molar-refractivity contribution in [1.29, 1.82) is 0 Å². The molecule has 1 fully saturated rings. The zero-order valence-electron chi connectivity index (χ0n) is 23.6. The van der Waals surface area contributed by atoms with E-state index in [0.29, 0.717) is 6.42 Å². The van der Waals surface area contributed by atoms with Gasteiger partial charge in [-0.2, -0.15) is 0 Å². The van der Waals surface area contributed by atoms with Crippen molar-refractivity contribution in [3.63, 3.8) is 0 Å².